The zero-order chi connectivity index (χ0) is 16.8. The third-order valence-corrected chi connectivity index (χ3v) is 5.10. The van der Waals surface area contributed by atoms with Crippen LogP contribution < -0.4 is 0 Å². The van der Waals surface area contributed by atoms with Gasteiger partial charge in [0.15, 0.2) is 0 Å². The summed E-state index contributed by atoms with van der Waals surface area (Å²) in [5.41, 5.74) is 2.32. The number of likely N-dealkylation sites (tertiary alicyclic amines) is 1. The van der Waals surface area contributed by atoms with E-state index in [1.54, 1.807) is 0 Å². The second-order valence-electron chi connectivity index (χ2n) is 6.84. The standard InChI is InChI=1S/C19H28N4O/c1-16(17-5-3-2-4-6-17)7-11-22-12-8-19(9-13-22)23-15-18(10-14-24)20-21-23/h2-6,15-16,19,24H,7-14H2,1H3/t16-/m0/s1. The van der Waals surface area contributed by atoms with Gasteiger partial charge in [-0.1, -0.05) is 42.5 Å². The summed E-state index contributed by atoms with van der Waals surface area (Å²) in [6, 6.07) is 11.2. The van der Waals surface area contributed by atoms with Gasteiger partial charge in [-0.25, -0.2) is 4.68 Å². The number of aliphatic hydroxyl groups excluding tert-OH is 1. The smallest absolute Gasteiger partial charge is 0.0850 e. The fourth-order valence-electron chi connectivity index (χ4n) is 3.45. The van der Waals surface area contributed by atoms with Gasteiger partial charge in [-0.2, -0.15) is 0 Å². The van der Waals surface area contributed by atoms with Crippen LogP contribution in [-0.2, 0) is 6.42 Å². The molecule has 24 heavy (non-hydrogen) atoms. The van der Waals surface area contributed by atoms with Crippen LogP contribution in [0.3, 0.4) is 0 Å². The predicted octanol–water partition coefficient (Wildman–Crippen LogP) is 2.64. The summed E-state index contributed by atoms with van der Waals surface area (Å²) in [4.78, 5) is 2.57. The van der Waals surface area contributed by atoms with Crippen LogP contribution in [0.25, 0.3) is 0 Å². The molecule has 0 bridgehead atoms. The Morgan fingerprint density at radius 3 is 2.67 bits per heavy atom. The van der Waals surface area contributed by atoms with Gasteiger partial charge in [-0.3, -0.25) is 0 Å². The van der Waals surface area contributed by atoms with E-state index in [2.05, 4.69) is 52.5 Å². The molecule has 5 heteroatoms. The monoisotopic (exact) mass is 328 g/mol. The van der Waals surface area contributed by atoms with Crippen molar-refractivity contribution in [2.45, 2.75) is 44.6 Å². The van der Waals surface area contributed by atoms with Crippen molar-refractivity contribution >= 4 is 0 Å². The topological polar surface area (TPSA) is 54.2 Å². The maximum Gasteiger partial charge on any atom is 0.0850 e. The Hall–Kier alpha value is -1.72. The molecule has 0 radical (unpaired) electrons. The molecule has 2 aromatic rings. The molecule has 0 amide bonds. The minimum absolute atomic E-state index is 0.136. The van der Waals surface area contributed by atoms with Gasteiger partial charge in [-0.05, 0) is 37.3 Å². The van der Waals surface area contributed by atoms with Crippen molar-refractivity contribution in [1.82, 2.24) is 19.9 Å². The molecule has 1 aromatic heterocycles. The maximum absolute atomic E-state index is 8.98. The molecule has 0 spiro atoms. The van der Waals surface area contributed by atoms with E-state index in [4.69, 9.17) is 5.11 Å². The lowest BCUT2D eigenvalue weighted by atomic mass is 9.97. The molecule has 1 aromatic carbocycles. The van der Waals surface area contributed by atoms with Gasteiger partial charge in [0.1, 0.15) is 0 Å². The minimum atomic E-state index is 0.136. The lowest BCUT2D eigenvalue weighted by Gasteiger charge is -2.32. The van der Waals surface area contributed by atoms with Crippen LogP contribution in [0.5, 0.6) is 0 Å². The van der Waals surface area contributed by atoms with E-state index >= 15 is 0 Å². The van der Waals surface area contributed by atoms with Crippen LogP contribution in [0.15, 0.2) is 36.5 Å². The van der Waals surface area contributed by atoms with Gasteiger partial charge < -0.3 is 10.0 Å². The van der Waals surface area contributed by atoms with Crippen LogP contribution in [-0.4, -0.2) is 51.2 Å². The highest BCUT2D eigenvalue weighted by Crippen LogP contribution is 2.24. The number of rotatable bonds is 7. The van der Waals surface area contributed by atoms with Crippen molar-refractivity contribution in [3.63, 3.8) is 0 Å². The Kier molecular flexibility index (Phi) is 5.99. The zero-order valence-electron chi connectivity index (χ0n) is 14.5. The summed E-state index contributed by atoms with van der Waals surface area (Å²) in [5, 5.41) is 17.3. The Morgan fingerprint density at radius 2 is 1.96 bits per heavy atom. The number of nitrogens with zero attached hydrogens (tertiary/aromatic N) is 4. The first-order valence-corrected chi connectivity index (χ1v) is 9.05. The fourth-order valence-corrected chi connectivity index (χ4v) is 3.45. The van der Waals surface area contributed by atoms with Crippen molar-refractivity contribution in [1.29, 1.82) is 0 Å². The Balaban J connectivity index is 1.43. The van der Waals surface area contributed by atoms with Crippen LogP contribution in [0, 0.1) is 0 Å². The summed E-state index contributed by atoms with van der Waals surface area (Å²) in [6.07, 6.45) is 6.05. The Labute approximate surface area is 144 Å². The van der Waals surface area contributed by atoms with Crippen LogP contribution in [0.2, 0.25) is 0 Å². The van der Waals surface area contributed by atoms with E-state index in [0.717, 1.165) is 38.2 Å². The molecule has 130 valence electrons. The molecule has 0 unspecified atom stereocenters. The molecule has 1 aliphatic rings. The molecule has 1 fully saturated rings. The van der Waals surface area contributed by atoms with E-state index < -0.39 is 0 Å². The lowest BCUT2D eigenvalue weighted by Crippen LogP contribution is -2.35. The molecule has 0 aliphatic carbocycles. The van der Waals surface area contributed by atoms with Gasteiger partial charge in [-0.15, -0.1) is 5.10 Å². The second kappa shape index (κ2) is 8.40. The van der Waals surface area contributed by atoms with Gasteiger partial charge in [0, 0.05) is 32.3 Å². The third kappa shape index (κ3) is 4.42. The summed E-state index contributed by atoms with van der Waals surface area (Å²) in [5.74, 6) is 0.611. The summed E-state index contributed by atoms with van der Waals surface area (Å²) >= 11 is 0. The number of hydrogen-bond acceptors (Lipinski definition) is 4. The minimum Gasteiger partial charge on any atom is -0.396 e. The van der Waals surface area contributed by atoms with E-state index in [0.29, 0.717) is 18.4 Å². The number of hydrogen-bond donors (Lipinski definition) is 1. The molecule has 3 rings (SSSR count). The van der Waals surface area contributed by atoms with Gasteiger partial charge >= 0.3 is 0 Å². The first kappa shape index (κ1) is 17.1. The normalized spacial score (nSPS) is 17.9. The molecule has 1 saturated heterocycles. The molecule has 1 atom stereocenters. The summed E-state index contributed by atoms with van der Waals surface area (Å²) in [7, 11) is 0. The molecular weight excluding hydrogens is 300 g/mol. The van der Waals surface area contributed by atoms with E-state index in [9.17, 15) is 0 Å². The lowest BCUT2D eigenvalue weighted by molar-refractivity contribution is 0.174. The maximum atomic E-state index is 8.98. The predicted molar refractivity (Wildman–Crippen MR) is 95.0 cm³/mol. The van der Waals surface area contributed by atoms with Crippen molar-refractivity contribution in [2.24, 2.45) is 0 Å². The van der Waals surface area contributed by atoms with E-state index in [1.165, 1.54) is 12.0 Å². The molecule has 0 saturated carbocycles. The Morgan fingerprint density at radius 1 is 1.21 bits per heavy atom. The van der Waals surface area contributed by atoms with Crippen molar-refractivity contribution in [3.05, 3.63) is 47.8 Å². The zero-order valence-corrected chi connectivity index (χ0v) is 14.5. The molecule has 5 nitrogen and oxygen atoms in total. The van der Waals surface area contributed by atoms with E-state index in [-0.39, 0.29) is 6.61 Å². The highest BCUT2D eigenvalue weighted by molar-refractivity contribution is 5.18. The second-order valence-corrected chi connectivity index (χ2v) is 6.84. The molecule has 1 N–H and O–H groups in total. The summed E-state index contributed by atoms with van der Waals surface area (Å²) < 4.78 is 1.99. The third-order valence-electron chi connectivity index (χ3n) is 5.10. The van der Waals surface area contributed by atoms with Crippen molar-refractivity contribution < 1.29 is 5.11 Å². The first-order valence-electron chi connectivity index (χ1n) is 9.05. The Bertz CT molecular complexity index is 605. The van der Waals surface area contributed by atoms with E-state index in [1.807, 2.05) is 10.9 Å². The number of benzene rings is 1. The largest absolute Gasteiger partial charge is 0.396 e. The quantitative estimate of drug-likeness (QED) is 0.849. The van der Waals surface area contributed by atoms with Gasteiger partial charge in [0.05, 0.1) is 11.7 Å². The molecule has 2 heterocycles. The molecule has 1 aliphatic heterocycles. The summed E-state index contributed by atoms with van der Waals surface area (Å²) in [6.45, 7) is 5.87. The highest BCUT2D eigenvalue weighted by Gasteiger charge is 2.21. The average molecular weight is 328 g/mol. The fraction of sp³-hybridized carbons (Fsp3) is 0.579. The van der Waals surface area contributed by atoms with Crippen LogP contribution in [0.1, 0.15) is 49.4 Å². The van der Waals surface area contributed by atoms with Crippen molar-refractivity contribution in [3.8, 4) is 0 Å². The van der Waals surface area contributed by atoms with Crippen molar-refractivity contribution in [2.75, 3.05) is 26.2 Å². The van der Waals surface area contributed by atoms with Gasteiger partial charge in [0.25, 0.3) is 0 Å². The molecular formula is C19H28N4O. The number of aromatic nitrogens is 3. The average Bonchev–Trinajstić information content (AvgIpc) is 3.10. The number of piperidine rings is 1. The first-order chi connectivity index (χ1) is 11.8. The van der Waals surface area contributed by atoms with Crippen LogP contribution >= 0.6 is 0 Å². The van der Waals surface area contributed by atoms with Gasteiger partial charge in [0.2, 0.25) is 0 Å². The highest BCUT2D eigenvalue weighted by atomic mass is 16.3. The van der Waals surface area contributed by atoms with Crippen LogP contribution in [0.4, 0.5) is 0 Å². The SMILES string of the molecule is C[C@@H](CCN1CCC(n2cc(CCO)nn2)CC1)c1ccccc1. The number of aliphatic hydroxyl groups is 1.